The first-order valence-electron chi connectivity index (χ1n) is 8.45. The van der Waals surface area contributed by atoms with Crippen LogP contribution < -0.4 is 16.4 Å². The molecule has 7 nitrogen and oxygen atoms in total. The Morgan fingerprint density at radius 2 is 1.86 bits per heavy atom. The van der Waals surface area contributed by atoms with Gasteiger partial charge in [0.25, 0.3) is 0 Å². The Kier molecular flexibility index (Phi) is 6.27. The van der Waals surface area contributed by atoms with E-state index in [4.69, 9.17) is 5.73 Å². The number of benzene rings is 2. The van der Waals surface area contributed by atoms with Crippen LogP contribution in [-0.2, 0) is 4.79 Å². The highest BCUT2D eigenvalue weighted by Gasteiger charge is 2.17. The molecular formula is C19H19N5O2S2. The molecule has 0 unspecified atom stereocenters. The highest BCUT2D eigenvalue weighted by Crippen LogP contribution is 2.31. The number of aromatic nitrogens is 2. The summed E-state index contributed by atoms with van der Waals surface area (Å²) < 4.78 is 0.696. The van der Waals surface area contributed by atoms with Crippen LogP contribution >= 0.6 is 23.1 Å². The largest absolute Gasteiger partial charge is 0.366 e. The normalized spacial score (nSPS) is 11.6. The van der Waals surface area contributed by atoms with Crippen molar-refractivity contribution in [1.29, 1.82) is 0 Å². The summed E-state index contributed by atoms with van der Waals surface area (Å²) in [6.45, 7) is 3.82. The molecule has 0 fully saturated rings. The van der Waals surface area contributed by atoms with Gasteiger partial charge in [-0.05, 0) is 55.8 Å². The van der Waals surface area contributed by atoms with E-state index in [0.29, 0.717) is 20.7 Å². The quantitative estimate of drug-likeness (QED) is 0.508. The second-order valence-electron chi connectivity index (χ2n) is 6.06. The van der Waals surface area contributed by atoms with Crippen molar-refractivity contribution >= 4 is 51.4 Å². The number of nitrogens with two attached hydrogens (primary N) is 1. The Morgan fingerprint density at radius 1 is 1.11 bits per heavy atom. The maximum Gasteiger partial charge on any atom is 0.248 e. The third-order valence-electron chi connectivity index (χ3n) is 3.76. The first kappa shape index (κ1) is 19.8. The highest BCUT2D eigenvalue weighted by molar-refractivity contribution is 8.02. The van der Waals surface area contributed by atoms with Crippen molar-refractivity contribution in [2.45, 2.75) is 23.4 Å². The zero-order valence-electron chi connectivity index (χ0n) is 15.3. The number of hydrogen-bond donors (Lipinski definition) is 3. The molecule has 0 bridgehead atoms. The lowest BCUT2D eigenvalue weighted by Gasteiger charge is -2.10. The first-order chi connectivity index (χ1) is 13.4. The molecule has 0 aliphatic heterocycles. The third kappa shape index (κ3) is 5.30. The zero-order chi connectivity index (χ0) is 20.1. The molecule has 2 amide bonds. The molecule has 0 spiro atoms. The Hall–Kier alpha value is -2.91. The van der Waals surface area contributed by atoms with Gasteiger partial charge in [0.05, 0.1) is 5.25 Å². The average molecular weight is 414 g/mol. The second kappa shape index (κ2) is 8.85. The van der Waals surface area contributed by atoms with Crippen LogP contribution in [0.3, 0.4) is 0 Å². The molecule has 2 aromatic carbocycles. The molecule has 0 aliphatic carbocycles. The van der Waals surface area contributed by atoms with E-state index in [0.717, 1.165) is 11.3 Å². The summed E-state index contributed by atoms with van der Waals surface area (Å²) in [5.41, 5.74) is 8.29. The standard InChI is InChI=1S/C19H19N5O2S2/c1-11-4-3-5-15(10-11)22-18-23-24-19(28-18)27-12(2)17(26)21-14-8-6-13(7-9-14)16(20)25/h3-10,12H,1-2H3,(H2,20,25)(H,21,26)(H,22,23)/t12-/m1/s1. The van der Waals surface area contributed by atoms with E-state index >= 15 is 0 Å². The maximum absolute atomic E-state index is 12.4. The van der Waals surface area contributed by atoms with Crippen LogP contribution in [0.1, 0.15) is 22.8 Å². The van der Waals surface area contributed by atoms with Crippen LogP contribution in [0.2, 0.25) is 0 Å². The Balaban J connectivity index is 1.56. The van der Waals surface area contributed by atoms with Crippen LogP contribution in [0, 0.1) is 6.92 Å². The number of carbonyl (C=O) groups excluding carboxylic acids is 2. The fraction of sp³-hybridized carbons (Fsp3) is 0.158. The van der Waals surface area contributed by atoms with Gasteiger partial charge >= 0.3 is 0 Å². The number of carbonyl (C=O) groups is 2. The zero-order valence-corrected chi connectivity index (χ0v) is 16.9. The maximum atomic E-state index is 12.4. The van der Waals surface area contributed by atoms with Crippen molar-refractivity contribution in [3.05, 3.63) is 59.7 Å². The van der Waals surface area contributed by atoms with Crippen LogP contribution in [0.25, 0.3) is 0 Å². The first-order valence-corrected chi connectivity index (χ1v) is 10.1. The van der Waals surface area contributed by atoms with E-state index in [1.54, 1.807) is 31.2 Å². The van der Waals surface area contributed by atoms with Gasteiger partial charge in [-0.2, -0.15) is 0 Å². The van der Waals surface area contributed by atoms with Gasteiger partial charge < -0.3 is 16.4 Å². The molecule has 0 aliphatic rings. The molecule has 3 rings (SSSR count). The molecule has 1 aromatic heterocycles. The number of nitrogens with one attached hydrogen (secondary N) is 2. The van der Waals surface area contributed by atoms with Crippen molar-refractivity contribution in [3.63, 3.8) is 0 Å². The summed E-state index contributed by atoms with van der Waals surface area (Å²) in [5, 5.41) is 14.6. The van der Waals surface area contributed by atoms with Crippen molar-refractivity contribution in [2.75, 3.05) is 10.6 Å². The molecule has 1 heterocycles. The molecule has 144 valence electrons. The average Bonchev–Trinajstić information content (AvgIpc) is 3.09. The van der Waals surface area contributed by atoms with Crippen molar-refractivity contribution in [3.8, 4) is 0 Å². The van der Waals surface area contributed by atoms with E-state index < -0.39 is 5.91 Å². The van der Waals surface area contributed by atoms with Crippen molar-refractivity contribution in [1.82, 2.24) is 10.2 Å². The van der Waals surface area contributed by atoms with E-state index in [-0.39, 0.29) is 11.2 Å². The van der Waals surface area contributed by atoms with Gasteiger partial charge in [0.2, 0.25) is 16.9 Å². The number of rotatable bonds is 7. The fourth-order valence-corrected chi connectivity index (χ4v) is 4.24. The summed E-state index contributed by atoms with van der Waals surface area (Å²) in [5.74, 6) is -0.673. The van der Waals surface area contributed by atoms with Gasteiger partial charge in [0.15, 0.2) is 4.34 Å². The predicted molar refractivity (Wildman–Crippen MR) is 113 cm³/mol. The number of nitrogens with zero attached hydrogens (tertiary/aromatic N) is 2. The summed E-state index contributed by atoms with van der Waals surface area (Å²) in [6.07, 6.45) is 0. The monoisotopic (exact) mass is 413 g/mol. The van der Waals surface area contributed by atoms with Crippen LogP contribution in [0.15, 0.2) is 52.9 Å². The molecule has 9 heteroatoms. The number of primary amides is 1. The second-order valence-corrected chi connectivity index (χ2v) is 8.62. The topological polar surface area (TPSA) is 110 Å². The highest BCUT2D eigenvalue weighted by atomic mass is 32.2. The van der Waals surface area contributed by atoms with Gasteiger partial charge in [-0.1, -0.05) is 35.2 Å². The summed E-state index contributed by atoms with van der Waals surface area (Å²) in [4.78, 5) is 23.5. The van der Waals surface area contributed by atoms with Gasteiger partial charge in [-0.25, -0.2) is 0 Å². The summed E-state index contributed by atoms with van der Waals surface area (Å²) >= 11 is 2.72. The molecule has 4 N–H and O–H groups in total. The Morgan fingerprint density at radius 3 is 2.54 bits per heavy atom. The minimum atomic E-state index is -0.506. The number of amides is 2. The SMILES string of the molecule is Cc1cccc(Nc2nnc(S[C@H](C)C(=O)Nc3ccc(C(N)=O)cc3)s2)c1. The third-order valence-corrected chi connectivity index (χ3v) is 5.78. The lowest BCUT2D eigenvalue weighted by Crippen LogP contribution is -2.22. The Bertz CT molecular complexity index is 988. The molecule has 0 saturated carbocycles. The number of thioether (sulfide) groups is 1. The molecule has 1 atom stereocenters. The lowest BCUT2D eigenvalue weighted by molar-refractivity contribution is -0.115. The number of aryl methyl sites for hydroxylation is 1. The minimum absolute atomic E-state index is 0.166. The molecule has 0 saturated heterocycles. The van der Waals surface area contributed by atoms with Crippen molar-refractivity contribution < 1.29 is 9.59 Å². The van der Waals surface area contributed by atoms with Crippen LogP contribution in [0.4, 0.5) is 16.5 Å². The van der Waals surface area contributed by atoms with Gasteiger partial charge in [-0.15, -0.1) is 10.2 Å². The predicted octanol–water partition coefficient (Wildman–Crippen LogP) is 3.81. The fourth-order valence-electron chi connectivity index (χ4n) is 2.32. The van der Waals surface area contributed by atoms with E-state index in [1.807, 2.05) is 31.2 Å². The molecule has 3 aromatic rings. The molecular weight excluding hydrogens is 394 g/mol. The molecule has 0 radical (unpaired) electrons. The van der Waals surface area contributed by atoms with Gasteiger partial charge in [-0.3, -0.25) is 9.59 Å². The van der Waals surface area contributed by atoms with Gasteiger partial charge in [0, 0.05) is 16.9 Å². The summed E-state index contributed by atoms with van der Waals surface area (Å²) in [6, 6.07) is 14.4. The van der Waals surface area contributed by atoms with E-state index in [9.17, 15) is 9.59 Å². The van der Waals surface area contributed by atoms with Crippen LogP contribution in [-0.4, -0.2) is 27.3 Å². The van der Waals surface area contributed by atoms with Gasteiger partial charge in [0.1, 0.15) is 0 Å². The number of anilines is 3. The number of hydrogen-bond acceptors (Lipinski definition) is 7. The van der Waals surface area contributed by atoms with E-state index in [2.05, 4.69) is 20.8 Å². The van der Waals surface area contributed by atoms with E-state index in [1.165, 1.54) is 23.1 Å². The Labute approximate surface area is 170 Å². The minimum Gasteiger partial charge on any atom is -0.366 e. The summed E-state index contributed by atoms with van der Waals surface area (Å²) in [7, 11) is 0. The lowest BCUT2D eigenvalue weighted by atomic mass is 10.2. The smallest absolute Gasteiger partial charge is 0.248 e. The van der Waals surface area contributed by atoms with Crippen molar-refractivity contribution in [2.24, 2.45) is 5.73 Å². The molecule has 28 heavy (non-hydrogen) atoms. The van der Waals surface area contributed by atoms with Crippen LogP contribution in [0.5, 0.6) is 0 Å².